The fourth-order valence-corrected chi connectivity index (χ4v) is 14.4. The molecule has 0 unspecified atom stereocenters. The van der Waals surface area contributed by atoms with Crippen molar-refractivity contribution in [2.24, 2.45) is 0 Å². The summed E-state index contributed by atoms with van der Waals surface area (Å²) in [7, 11) is -1.53. The number of benzene rings is 17. The van der Waals surface area contributed by atoms with Gasteiger partial charge in [0.15, 0.2) is 0 Å². The second kappa shape index (κ2) is 27.1. The summed E-state index contributed by atoms with van der Waals surface area (Å²) in [6.07, 6.45) is 0. The van der Waals surface area contributed by atoms with Gasteiger partial charge in [-0.05, 0) is 183 Å². The van der Waals surface area contributed by atoms with Crippen molar-refractivity contribution in [2.45, 2.75) is 0 Å². The maximum atomic E-state index is 10.1. The third-order valence-corrected chi connectivity index (χ3v) is 19.3. The Kier molecular flexibility index (Phi) is 17.2. The Labute approximate surface area is 570 Å². The van der Waals surface area contributed by atoms with Crippen LogP contribution in [0.3, 0.4) is 0 Å². The van der Waals surface area contributed by atoms with E-state index in [9.17, 15) is 10.0 Å². The summed E-state index contributed by atoms with van der Waals surface area (Å²) in [6, 6.07) is 127. The molecule has 0 saturated carbocycles. The van der Waals surface area contributed by atoms with Crippen LogP contribution in [0.4, 0.5) is 0 Å². The Morgan fingerprint density at radius 2 is 0.305 bits per heavy atom. The molecule has 0 atom stereocenters. The molecule has 0 heterocycles. The monoisotopic (exact) mass is 1340 g/mol. The zero-order valence-corrected chi connectivity index (χ0v) is 55.0. The van der Waals surface area contributed by atoms with Crippen LogP contribution in [0.25, 0.3) is 154 Å². The van der Waals surface area contributed by atoms with Crippen LogP contribution in [0.15, 0.2) is 367 Å². The maximum absolute atomic E-state index is 10.1. The van der Waals surface area contributed by atoms with Gasteiger partial charge in [-0.1, -0.05) is 366 Å². The molecule has 17 aromatic carbocycles. The number of fused-ring (bicyclic) bond motifs is 6. The Bertz CT molecular complexity index is 5170. The highest BCUT2D eigenvalue weighted by molar-refractivity contribution is 9.11. The molecule has 0 aliphatic heterocycles. The highest BCUT2D eigenvalue weighted by Crippen LogP contribution is 2.47. The molecule has 5 heteroatoms. The summed E-state index contributed by atoms with van der Waals surface area (Å²) >= 11 is 6.65. The van der Waals surface area contributed by atoms with Crippen LogP contribution < -0.4 is 5.46 Å². The zero-order chi connectivity index (χ0) is 64.2. The predicted octanol–water partition coefficient (Wildman–Crippen LogP) is 24.5. The lowest BCUT2D eigenvalue weighted by Gasteiger charge is -2.19. The number of hydrogen-bond acceptors (Lipinski definition) is 2. The minimum absolute atomic E-state index is 0.556. The quantitative estimate of drug-likeness (QED) is 0.112. The summed E-state index contributed by atoms with van der Waals surface area (Å²) < 4.78 is 2.22. The summed E-state index contributed by atoms with van der Waals surface area (Å²) in [5.41, 5.74) is 20.0. The first kappa shape index (κ1) is 60.5. The molecule has 2 N–H and O–H groups in total. The van der Waals surface area contributed by atoms with E-state index in [-0.39, 0.29) is 0 Å². The van der Waals surface area contributed by atoms with E-state index in [0.717, 1.165) is 41.6 Å². The molecule has 17 aromatic rings. The molecule has 17 rings (SSSR count). The molecule has 0 spiro atoms. The molecule has 0 aliphatic carbocycles. The minimum atomic E-state index is -1.53. The van der Waals surface area contributed by atoms with Crippen LogP contribution in [0.1, 0.15) is 0 Å². The van der Waals surface area contributed by atoms with Crippen LogP contribution >= 0.6 is 31.9 Å². The molecule has 95 heavy (non-hydrogen) atoms. The number of halogens is 2. The van der Waals surface area contributed by atoms with Gasteiger partial charge in [-0.25, -0.2) is 0 Å². The van der Waals surface area contributed by atoms with Crippen molar-refractivity contribution in [2.75, 3.05) is 0 Å². The Hall–Kier alpha value is -10.8. The van der Waals surface area contributed by atoms with Crippen LogP contribution in [0.2, 0.25) is 0 Å². The van der Waals surface area contributed by atoms with Crippen molar-refractivity contribution in [1.29, 1.82) is 0 Å². The number of rotatable bonds is 9. The minimum Gasteiger partial charge on any atom is -0.423 e. The van der Waals surface area contributed by atoms with E-state index in [0.29, 0.717) is 5.46 Å². The number of hydrogen-bond donors (Lipinski definition) is 2. The van der Waals surface area contributed by atoms with E-state index in [4.69, 9.17) is 0 Å². The highest BCUT2D eigenvalue weighted by atomic mass is 79.9. The van der Waals surface area contributed by atoms with Gasteiger partial charge in [0.25, 0.3) is 0 Å². The van der Waals surface area contributed by atoms with Gasteiger partial charge in [-0.2, -0.15) is 0 Å². The maximum Gasteiger partial charge on any atom is 0.489 e. The van der Waals surface area contributed by atoms with Crippen LogP contribution in [-0.4, -0.2) is 17.2 Å². The first-order valence-electron chi connectivity index (χ1n) is 32.0. The van der Waals surface area contributed by atoms with Gasteiger partial charge < -0.3 is 10.0 Å². The summed E-state index contributed by atoms with van der Waals surface area (Å²) in [5.74, 6) is 0. The predicted molar refractivity (Wildman–Crippen MR) is 413 cm³/mol. The molecule has 2 nitrogen and oxygen atoms in total. The first-order chi connectivity index (χ1) is 46.8. The lowest BCUT2D eigenvalue weighted by molar-refractivity contribution is 0.426. The average molecular weight is 1350 g/mol. The molecule has 0 aromatic heterocycles. The molecular formula is C90H61BBr2O2. The van der Waals surface area contributed by atoms with E-state index >= 15 is 0 Å². The molecule has 0 saturated heterocycles. The van der Waals surface area contributed by atoms with Crippen molar-refractivity contribution >= 4 is 109 Å². The van der Waals surface area contributed by atoms with E-state index in [1.807, 2.05) is 91.0 Å². The molecule has 0 fully saturated rings. The smallest absolute Gasteiger partial charge is 0.423 e. The Morgan fingerprint density at radius 1 is 0.158 bits per heavy atom. The molecule has 450 valence electrons. The normalized spacial score (nSPS) is 11.2. The van der Waals surface area contributed by atoms with Crippen LogP contribution in [0.5, 0.6) is 0 Å². The lowest BCUT2D eigenvalue weighted by Crippen LogP contribution is -2.31. The summed E-state index contributed by atoms with van der Waals surface area (Å²) in [4.78, 5) is 0. The fourth-order valence-electron chi connectivity index (χ4n) is 13.9. The summed E-state index contributed by atoms with van der Waals surface area (Å²) in [5, 5.41) is 34.0. The largest absolute Gasteiger partial charge is 0.489 e. The van der Waals surface area contributed by atoms with Gasteiger partial charge in [0, 0.05) is 8.95 Å². The third kappa shape index (κ3) is 12.1. The van der Waals surface area contributed by atoms with Gasteiger partial charge in [-0.15, -0.1) is 0 Å². The average Bonchev–Trinajstić information content (AvgIpc) is 0.751. The second-order valence-electron chi connectivity index (χ2n) is 23.8. The van der Waals surface area contributed by atoms with Crippen molar-refractivity contribution < 1.29 is 10.0 Å². The Balaban J connectivity index is 0.000000166. The van der Waals surface area contributed by atoms with E-state index < -0.39 is 7.12 Å². The van der Waals surface area contributed by atoms with Crippen LogP contribution in [0, 0.1) is 0 Å². The van der Waals surface area contributed by atoms with Crippen molar-refractivity contribution in [3.8, 4) is 89.0 Å². The van der Waals surface area contributed by atoms with Crippen molar-refractivity contribution in [1.82, 2.24) is 0 Å². The van der Waals surface area contributed by atoms with Crippen LogP contribution in [-0.2, 0) is 0 Å². The van der Waals surface area contributed by atoms with Gasteiger partial charge in [0.05, 0.1) is 0 Å². The third-order valence-electron chi connectivity index (χ3n) is 18.2. The SMILES string of the molecule is Brc1ccc(Br)cc1.OB(O)c1c2ccccc2c(-c2ccc(-c3ccccc3)cc2)c2ccccc12.c1ccc(-c2ccc(-c3c4ccccc4c(-c4ccc(-c5c6ccccc6c(-c6ccc(-c7ccccc7)cc6)c6ccccc56)cc4)c4ccccc34)cc2)cc1. The molecule has 0 amide bonds. The molecule has 0 bridgehead atoms. The Morgan fingerprint density at radius 3 is 0.495 bits per heavy atom. The van der Waals surface area contributed by atoms with E-state index in [2.05, 4.69) is 299 Å². The first-order valence-corrected chi connectivity index (χ1v) is 33.6. The van der Waals surface area contributed by atoms with Gasteiger partial charge in [-0.3, -0.25) is 0 Å². The summed E-state index contributed by atoms with van der Waals surface area (Å²) in [6.45, 7) is 0. The molecule has 0 aliphatic rings. The standard InChI is InChI=1S/C58H38.C26H19BO2.C6H4Br2/c1-3-15-39(16-4-1)41-27-31-43(32-28-41)55-47-19-7-11-23-51(47)57(52-24-12-8-20-48(52)55)45-35-37-46(38-36-45)58-53-25-13-9-21-49(53)56(50-22-10-14-26-54(50)58)44-33-29-42(30-34-44)40-17-5-2-6-18-40;28-27(29)26-23-12-6-4-10-21(23)25(22-11-5-7-13-24(22)26)20-16-14-19(15-17-20)18-8-2-1-3-9-18;7-5-1-2-6(8)4-3-5/h1-38H;1-17,28-29H;1-4H. The van der Waals surface area contributed by atoms with E-state index in [1.54, 1.807) is 0 Å². The molecule has 0 radical (unpaired) electrons. The van der Waals surface area contributed by atoms with E-state index in [1.165, 1.54) is 121 Å². The van der Waals surface area contributed by atoms with Gasteiger partial charge >= 0.3 is 7.12 Å². The van der Waals surface area contributed by atoms with Crippen molar-refractivity contribution in [3.63, 3.8) is 0 Å². The lowest BCUT2D eigenvalue weighted by atomic mass is 9.72. The highest BCUT2D eigenvalue weighted by Gasteiger charge is 2.23. The fraction of sp³-hybridized carbons (Fsp3) is 0. The second-order valence-corrected chi connectivity index (χ2v) is 25.6. The topological polar surface area (TPSA) is 40.5 Å². The van der Waals surface area contributed by atoms with Crippen molar-refractivity contribution in [3.05, 3.63) is 367 Å². The van der Waals surface area contributed by atoms with Gasteiger partial charge in [0.1, 0.15) is 0 Å². The van der Waals surface area contributed by atoms with Gasteiger partial charge in [0.2, 0.25) is 0 Å². The molecular weight excluding hydrogens is 1280 g/mol. The zero-order valence-electron chi connectivity index (χ0n) is 51.8.